The number of hydrogen-bond donors (Lipinski definition) is 1. The number of nitrogens with zero attached hydrogens (tertiary/aromatic N) is 2. The first-order chi connectivity index (χ1) is 9.35. The zero-order chi connectivity index (χ0) is 13.1. The molecule has 2 aromatic rings. The van der Waals surface area contributed by atoms with Crippen LogP contribution in [0.2, 0.25) is 0 Å². The number of fused-ring (bicyclic) bond motifs is 1. The molecule has 0 aliphatic carbocycles. The number of hydrogen-bond acceptors (Lipinski definition) is 6. The van der Waals surface area contributed by atoms with E-state index in [1.807, 2.05) is 18.2 Å². The van der Waals surface area contributed by atoms with E-state index >= 15 is 0 Å². The molecule has 19 heavy (non-hydrogen) atoms. The summed E-state index contributed by atoms with van der Waals surface area (Å²) >= 11 is 0. The molecule has 0 fully saturated rings. The Bertz CT molecular complexity index is 589. The molecule has 6 heteroatoms. The number of methoxy groups -OCH3 is 1. The van der Waals surface area contributed by atoms with Crippen LogP contribution < -0.4 is 19.5 Å². The van der Waals surface area contributed by atoms with E-state index < -0.39 is 0 Å². The van der Waals surface area contributed by atoms with E-state index in [0.717, 1.165) is 17.1 Å². The highest BCUT2D eigenvalue weighted by Crippen LogP contribution is 2.32. The molecule has 0 bridgehead atoms. The van der Waals surface area contributed by atoms with Gasteiger partial charge in [0.1, 0.15) is 0 Å². The van der Waals surface area contributed by atoms with Crippen LogP contribution in [0.3, 0.4) is 0 Å². The van der Waals surface area contributed by atoms with E-state index in [1.165, 1.54) is 0 Å². The molecule has 6 nitrogen and oxygen atoms in total. The van der Waals surface area contributed by atoms with E-state index in [-0.39, 0.29) is 6.79 Å². The van der Waals surface area contributed by atoms with Gasteiger partial charge in [-0.15, -0.1) is 0 Å². The van der Waals surface area contributed by atoms with Crippen molar-refractivity contribution in [3.63, 3.8) is 0 Å². The fourth-order valence-corrected chi connectivity index (χ4v) is 1.77. The van der Waals surface area contributed by atoms with Crippen molar-refractivity contribution in [1.82, 2.24) is 9.97 Å². The Morgan fingerprint density at radius 3 is 3.05 bits per heavy atom. The highest BCUT2D eigenvalue weighted by atomic mass is 16.7. The third kappa shape index (κ3) is 2.52. The summed E-state index contributed by atoms with van der Waals surface area (Å²) in [6.07, 6.45) is 1.65. The minimum Gasteiger partial charge on any atom is -0.481 e. The molecule has 3 rings (SSSR count). The lowest BCUT2D eigenvalue weighted by molar-refractivity contribution is 0.174. The first kappa shape index (κ1) is 11.6. The first-order valence-electron chi connectivity index (χ1n) is 5.84. The maximum Gasteiger partial charge on any atom is 0.231 e. The molecule has 1 aromatic carbocycles. The SMILES string of the molecule is COc1ccnc(NCc2ccc3c(c2)OCO3)n1. The van der Waals surface area contributed by atoms with Crippen LogP contribution in [0.5, 0.6) is 17.4 Å². The van der Waals surface area contributed by atoms with Crippen molar-refractivity contribution in [2.75, 3.05) is 19.2 Å². The van der Waals surface area contributed by atoms with Gasteiger partial charge < -0.3 is 19.5 Å². The Morgan fingerprint density at radius 2 is 2.16 bits per heavy atom. The summed E-state index contributed by atoms with van der Waals surface area (Å²) in [5, 5.41) is 3.13. The highest BCUT2D eigenvalue weighted by Gasteiger charge is 2.13. The van der Waals surface area contributed by atoms with Gasteiger partial charge in [-0.2, -0.15) is 4.98 Å². The zero-order valence-electron chi connectivity index (χ0n) is 10.4. The quantitative estimate of drug-likeness (QED) is 0.903. The van der Waals surface area contributed by atoms with Gasteiger partial charge in [-0.05, 0) is 17.7 Å². The molecule has 1 N–H and O–H groups in total. The largest absolute Gasteiger partial charge is 0.481 e. The van der Waals surface area contributed by atoms with Crippen LogP contribution in [0.4, 0.5) is 5.95 Å². The molecule has 0 saturated carbocycles. The van der Waals surface area contributed by atoms with Crippen molar-refractivity contribution in [3.8, 4) is 17.4 Å². The summed E-state index contributed by atoms with van der Waals surface area (Å²) in [5.41, 5.74) is 1.07. The maximum absolute atomic E-state index is 5.33. The molecular formula is C13H13N3O3. The van der Waals surface area contributed by atoms with Crippen molar-refractivity contribution in [2.24, 2.45) is 0 Å². The Kier molecular flexibility index (Phi) is 3.06. The molecule has 1 aliphatic rings. The minimum absolute atomic E-state index is 0.283. The molecular weight excluding hydrogens is 246 g/mol. The second kappa shape index (κ2) is 5.01. The van der Waals surface area contributed by atoms with Crippen LogP contribution in [0.15, 0.2) is 30.5 Å². The van der Waals surface area contributed by atoms with Crippen molar-refractivity contribution in [1.29, 1.82) is 0 Å². The average molecular weight is 259 g/mol. The molecule has 1 aromatic heterocycles. The molecule has 2 heterocycles. The van der Waals surface area contributed by atoms with Crippen molar-refractivity contribution < 1.29 is 14.2 Å². The maximum atomic E-state index is 5.33. The Hall–Kier alpha value is -2.50. The Morgan fingerprint density at radius 1 is 1.26 bits per heavy atom. The van der Waals surface area contributed by atoms with Crippen LogP contribution >= 0.6 is 0 Å². The second-order valence-corrected chi connectivity index (χ2v) is 3.96. The van der Waals surface area contributed by atoms with Gasteiger partial charge in [0.25, 0.3) is 0 Å². The van der Waals surface area contributed by atoms with E-state index in [1.54, 1.807) is 19.4 Å². The van der Waals surface area contributed by atoms with Gasteiger partial charge in [0, 0.05) is 18.8 Å². The first-order valence-corrected chi connectivity index (χ1v) is 5.84. The van der Waals surface area contributed by atoms with E-state index in [0.29, 0.717) is 18.4 Å². The highest BCUT2D eigenvalue weighted by molar-refractivity contribution is 5.45. The number of ether oxygens (including phenoxy) is 3. The monoisotopic (exact) mass is 259 g/mol. The third-order valence-corrected chi connectivity index (χ3v) is 2.73. The fraction of sp³-hybridized carbons (Fsp3) is 0.231. The van der Waals surface area contributed by atoms with Gasteiger partial charge >= 0.3 is 0 Å². The topological polar surface area (TPSA) is 65.5 Å². The van der Waals surface area contributed by atoms with Crippen LogP contribution in [0.1, 0.15) is 5.56 Å². The lowest BCUT2D eigenvalue weighted by Crippen LogP contribution is -2.04. The molecule has 98 valence electrons. The minimum atomic E-state index is 0.283. The summed E-state index contributed by atoms with van der Waals surface area (Å²) < 4.78 is 15.6. The van der Waals surface area contributed by atoms with E-state index in [2.05, 4.69) is 15.3 Å². The number of benzene rings is 1. The van der Waals surface area contributed by atoms with Crippen molar-refractivity contribution in [3.05, 3.63) is 36.0 Å². The average Bonchev–Trinajstić information content (AvgIpc) is 2.93. The zero-order valence-corrected chi connectivity index (χ0v) is 10.4. The summed E-state index contributed by atoms with van der Waals surface area (Å²) in [4.78, 5) is 8.30. The van der Waals surface area contributed by atoms with Gasteiger partial charge in [-0.1, -0.05) is 6.07 Å². The van der Waals surface area contributed by atoms with Crippen molar-refractivity contribution >= 4 is 5.95 Å². The predicted molar refractivity (Wildman–Crippen MR) is 68.5 cm³/mol. The molecule has 0 spiro atoms. The van der Waals surface area contributed by atoms with Gasteiger partial charge in [0.05, 0.1) is 7.11 Å². The third-order valence-electron chi connectivity index (χ3n) is 2.73. The van der Waals surface area contributed by atoms with Crippen LogP contribution in [0, 0.1) is 0 Å². The number of aromatic nitrogens is 2. The number of nitrogens with one attached hydrogen (secondary N) is 1. The van der Waals surface area contributed by atoms with Gasteiger partial charge in [-0.3, -0.25) is 0 Å². The molecule has 0 radical (unpaired) electrons. The van der Waals surface area contributed by atoms with Crippen LogP contribution in [-0.4, -0.2) is 23.9 Å². The van der Waals surface area contributed by atoms with Crippen LogP contribution in [0.25, 0.3) is 0 Å². The lowest BCUT2D eigenvalue weighted by Gasteiger charge is -2.06. The smallest absolute Gasteiger partial charge is 0.231 e. The standard InChI is InChI=1S/C13H13N3O3/c1-17-12-4-5-14-13(16-12)15-7-9-2-3-10-11(6-9)19-8-18-10/h2-6H,7-8H2,1H3,(H,14,15,16). The van der Waals surface area contributed by atoms with Gasteiger partial charge in [-0.25, -0.2) is 4.98 Å². The predicted octanol–water partition coefficient (Wildman–Crippen LogP) is 1.83. The molecule has 0 atom stereocenters. The number of anilines is 1. The Balaban J connectivity index is 1.68. The molecule has 0 saturated heterocycles. The summed E-state index contributed by atoms with van der Waals surface area (Å²) in [7, 11) is 1.57. The van der Waals surface area contributed by atoms with Gasteiger partial charge in [0.15, 0.2) is 11.5 Å². The normalized spacial score (nSPS) is 12.3. The lowest BCUT2D eigenvalue weighted by atomic mass is 10.2. The fourth-order valence-electron chi connectivity index (χ4n) is 1.77. The van der Waals surface area contributed by atoms with Crippen LogP contribution in [-0.2, 0) is 6.54 Å². The molecule has 0 unspecified atom stereocenters. The van der Waals surface area contributed by atoms with Crippen molar-refractivity contribution in [2.45, 2.75) is 6.54 Å². The summed E-state index contributed by atoms with van der Waals surface area (Å²) in [6.45, 7) is 0.884. The summed E-state index contributed by atoms with van der Waals surface area (Å²) in [6, 6.07) is 7.51. The second-order valence-electron chi connectivity index (χ2n) is 3.96. The van der Waals surface area contributed by atoms with E-state index in [4.69, 9.17) is 14.2 Å². The Labute approximate surface area is 110 Å². The van der Waals surface area contributed by atoms with Gasteiger partial charge in [0.2, 0.25) is 18.6 Å². The molecule has 0 amide bonds. The van der Waals surface area contributed by atoms with E-state index in [9.17, 15) is 0 Å². The number of rotatable bonds is 4. The molecule has 1 aliphatic heterocycles. The summed E-state index contributed by atoms with van der Waals surface area (Å²) in [5.74, 6) is 2.60.